The summed E-state index contributed by atoms with van der Waals surface area (Å²) in [5.74, 6) is 0. The lowest BCUT2D eigenvalue weighted by molar-refractivity contribution is 0.193. The molecular weight excluding hydrogens is 276 g/mol. The van der Waals surface area contributed by atoms with Crippen molar-refractivity contribution in [2.45, 2.75) is 18.9 Å². The van der Waals surface area contributed by atoms with Crippen LogP contribution in [0, 0.1) is 0 Å². The molecule has 0 aliphatic carbocycles. The van der Waals surface area contributed by atoms with Crippen LogP contribution in [0.3, 0.4) is 0 Å². The molecule has 1 saturated heterocycles. The Balaban J connectivity index is 2.04. The van der Waals surface area contributed by atoms with Crippen molar-refractivity contribution in [2.24, 2.45) is 5.73 Å². The number of piperidine rings is 1. The van der Waals surface area contributed by atoms with E-state index in [4.69, 9.17) is 17.3 Å². The van der Waals surface area contributed by atoms with E-state index in [1.54, 1.807) is 4.90 Å². The van der Waals surface area contributed by atoms with Crippen molar-refractivity contribution in [3.05, 3.63) is 23.2 Å². The minimum absolute atomic E-state index is 0.333. The molecule has 1 heterocycles. The lowest BCUT2D eigenvalue weighted by Gasteiger charge is -2.32. The van der Waals surface area contributed by atoms with Crippen LogP contribution in [0.5, 0.6) is 0 Å². The van der Waals surface area contributed by atoms with Crippen LogP contribution in [-0.4, -0.2) is 44.2 Å². The fraction of sp³-hybridized carbons (Fsp3) is 0.500. The first-order valence-electron chi connectivity index (χ1n) is 6.75. The lowest BCUT2D eigenvalue weighted by Crippen LogP contribution is -2.44. The molecule has 2 amide bonds. The fourth-order valence-electron chi connectivity index (χ4n) is 2.48. The quantitative estimate of drug-likeness (QED) is 0.900. The Kier molecular flexibility index (Phi) is 4.60. The van der Waals surface area contributed by atoms with Gasteiger partial charge in [0.1, 0.15) is 0 Å². The van der Waals surface area contributed by atoms with Crippen LogP contribution in [0.2, 0.25) is 5.02 Å². The number of hydrogen-bond acceptors (Lipinski definition) is 3. The van der Waals surface area contributed by atoms with E-state index >= 15 is 0 Å². The van der Waals surface area contributed by atoms with Gasteiger partial charge in [0, 0.05) is 38.2 Å². The van der Waals surface area contributed by atoms with Gasteiger partial charge < -0.3 is 20.9 Å². The number of likely N-dealkylation sites (tertiary alicyclic amines) is 1. The summed E-state index contributed by atoms with van der Waals surface area (Å²) in [6.45, 7) is 1.40. The van der Waals surface area contributed by atoms with Gasteiger partial charge in [0.25, 0.3) is 0 Å². The van der Waals surface area contributed by atoms with Crippen molar-refractivity contribution in [3.8, 4) is 0 Å². The molecule has 0 aromatic heterocycles. The Hall–Kier alpha value is -1.62. The van der Waals surface area contributed by atoms with E-state index < -0.39 is 0 Å². The van der Waals surface area contributed by atoms with Crippen molar-refractivity contribution in [1.82, 2.24) is 4.90 Å². The Morgan fingerprint density at radius 1 is 1.40 bits per heavy atom. The standard InChI is InChI=1S/C14H21ClN4O/c1-18(2)13-4-3-10(15)9-12(13)17-11-5-7-19(8-6-11)14(16)20/h3-4,9,11,17H,5-8H2,1-2H3,(H2,16,20). The maximum Gasteiger partial charge on any atom is 0.314 e. The highest BCUT2D eigenvalue weighted by Gasteiger charge is 2.21. The highest BCUT2D eigenvalue weighted by molar-refractivity contribution is 6.31. The normalized spacial score (nSPS) is 16.1. The molecule has 0 radical (unpaired) electrons. The van der Waals surface area contributed by atoms with Crippen LogP contribution in [-0.2, 0) is 0 Å². The highest BCUT2D eigenvalue weighted by atomic mass is 35.5. The third-order valence-electron chi connectivity index (χ3n) is 3.61. The van der Waals surface area contributed by atoms with Gasteiger partial charge in [0.15, 0.2) is 0 Å². The Morgan fingerprint density at radius 2 is 2.05 bits per heavy atom. The van der Waals surface area contributed by atoms with E-state index in [1.165, 1.54) is 0 Å². The van der Waals surface area contributed by atoms with Gasteiger partial charge in [0.05, 0.1) is 11.4 Å². The zero-order valence-corrected chi connectivity index (χ0v) is 12.7. The summed E-state index contributed by atoms with van der Waals surface area (Å²) in [7, 11) is 4.01. The summed E-state index contributed by atoms with van der Waals surface area (Å²) in [6.07, 6.45) is 1.78. The summed E-state index contributed by atoms with van der Waals surface area (Å²) < 4.78 is 0. The number of benzene rings is 1. The molecule has 20 heavy (non-hydrogen) atoms. The molecule has 1 aromatic carbocycles. The SMILES string of the molecule is CN(C)c1ccc(Cl)cc1NC1CCN(C(N)=O)CC1. The molecule has 0 atom stereocenters. The third-order valence-corrected chi connectivity index (χ3v) is 3.84. The van der Waals surface area contributed by atoms with Crippen LogP contribution >= 0.6 is 11.6 Å². The number of primary amides is 1. The van der Waals surface area contributed by atoms with Crippen LogP contribution < -0.4 is 16.0 Å². The van der Waals surface area contributed by atoms with E-state index in [1.807, 2.05) is 32.3 Å². The predicted octanol–water partition coefficient (Wildman–Crippen LogP) is 2.36. The number of amides is 2. The van der Waals surface area contributed by atoms with E-state index in [2.05, 4.69) is 10.2 Å². The van der Waals surface area contributed by atoms with Crippen LogP contribution in [0.4, 0.5) is 16.2 Å². The van der Waals surface area contributed by atoms with Crippen molar-refractivity contribution in [1.29, 1.82) is 0 Å². The van der Waals surface area contributed by atoms with Crippen LogP contribution in [0.1, 0.15) is 12.8 Å². The second-order valence-electron chi connectivity index (χ2n) is 5.30. The van der Waals surface area contributed by atoms with E-state index in [9.17, 15) is 4.79 Å². The monoisotopic (exact) mass is 296 g/mol. The highest BCUT2D eigenvalue weighted by Crippen LogP contribution is 2.29. The number of rotatable bonds is 3. The van der Waals surface area contributed by atoms with Crippen LogP contribution in [0.15, 0.2) is 18.2 Å². The number of hydrogen-bond donors (Lipinski definition) is 2. The van der Waals surface area contributed by atoms with Gasteiger partial charge in [-0.3, -0.25) is 0 Å². The molecule has 1 aliphatic heterocycles. The van der Waals surface area contributed by atoms with Gasteiger partial charge in [0.2, 0.25) is 0 Å². The molecule has 1 aromatic rings. The van der Waals surface area contributed by atoms with Crippen molar-refractivity contribution < 1.29 is 4.79 Å². The maximum atomic E-state index is 11.1. The van der Waals surface area contributed by atoms with E-state index in [-0.39, 0.29) is 6.03 Å². The topological polar surface area (TPSA) is 61.6 Å². The third kappa shape index (κ3) is 3.48. The minimum atomic E-state index is -0.333. The number of urea groups is 1. The molecule has 1 fully saturated rings. The van der Waals surface area contributed by atoms with Gasteiger partial charge in [-0.25, -0.2) is 4.79 Å². The predicted molar refractivity (Wildman–Crippen MR) is 83.6 cm³/mol. The summed E-state index contributed by atoms with van der Waals surface area (Å²) in [4.78, 5) is 14.8. The molecule has 0 saturated carbocycles. The van der Waals surface area contributed by atoms with E-state index in [0.29, 0.717) is 24.2 Å². The zero-order chi connectivity index (χ0) is 14.7. The smallest absolute Gasteiger partial charge is 0.314 e. The number of nitrogens with zero attached hydrogens (tertiary/aromatic N) is 2. The molecule has 5 nitrogen and oxygen atoms in total. The van der Waals surface area contributed by atoms with Gasteiger partial charge in [-0.15, -0.1) is 0 Å². The zero-order valence-electron chi connectivity index (χ0n) is 11.9. The Bertz CT molecular complexity index is 484. The molecule has 0 bridgehead atoms. The van der Waals surface area contributed by atoms with Gasteiger partial charge >= 0.3 is 6.03 Å². The number of halogens is 1. The molecule has 2 rings (SSSR count). The molecule has 0 spiro atoms. The summed E-state index contributed by atoms with van der Waals surface area (Å²) in [5, 5.41) is 4.24. The first-order chi connectivity index (χ1) is 9.47. The van der Waals surface area contributed by atoms with Crippen molar-refractivity contribution in [2.75, 3.05) is 37.4 Å². The Labute approximate surface area is 124 Å². The summed E-state index contributed by atoms with van der Waals surface area (Å²) in [5.41, 5.74) is 7.42. The second kappa shape index (κ2) is 6.22. The van der Waals surface area contributed by atoms with Crippen molar-refractivity contribution >= 4 is 29.0 Å². The summed E-state index contributed by atoms with van der Waals surface area (Å²) >= 11 is 6.08. The molecule has 3 N–H and O–H groups in total. The lowest BCUT2D eigenvalue weighted by atomic mass is 10.0. The molecule has 1 aliphatic rings. The number of carbonyl (C=O) groups excluding carboxylic acids is 1. The van der Waals surface area contributed by atoms with Gasteiger partial charge in [-0.2, -0.15) is 0 Å². The maximum absolute atomic E-state index is 11.1. The molecular formula is C14H21ClN4O. The summed E-state index contributed by atoms with van der Waals surface area (Å²) in [6, 6.07) is 5.83. The first-order valence-corrected chi connectivity index (χ1v) is 7.13. The van der Waals surface area contributed by atoms with Crippen LogP contribution in [0.25, 0.3) is 0 Å². The Morgan fingerprint density at radius 3 is 2.60 bits per heavy atom. The van der Waals surface area contributed by atoms with E-state index in [0.717, 1.165) is 24.2 Å². The number of carbonyl (C=O) groups is 1. The molecule has 0 unspecified atom stereocenters. The largest absolute Gasteiger partial charge is 0.380 e. The fourth-order valence-corrected chi connectivity index (χ4v) is 2.65. The molecule has 6 heteroatoms. The average Bonchev–Trinajstić information content (AvgIpc) is 2.39. The first kappa shape index (κ1) is 14.8. The van der Waals surface area contributed by atoms with Gasteiger partial charge in [-0.05, 0) is 31.0 Å². The van der Waals surface area contributed by atoms with Gasteiger partial charge in [-0.1, -0.05) is 11.6 Å². The second-order valence-corrected chi connectivity index (χ2v) is 5.74. The number of nitrogens with two attached hydrogens (primary N) is 1. The average molecular weight is 297 g/mol. The number of anilines is 2. The molecule has 110 valence electrons. The van der Waals surface area contributed by atoms with Crippen molar-refractivity contribution in [3.63, 3.8) is 0 Å². The minimum Gasteiger partial charge on any atom is -0.380 e. The number of nitrogens with one attached hydrogen (secondary N) is 1.